The number of nitrogen functional groups attached to an aromatic ring is 1. The van der Waals surface area contributed by atoms with Gasteiger partial charge in [0.2, 0.25) is 5.95 Å². The fourth-order valence-electron chi connectivity index (χ4n) is 4.31. The fraction of sp³-hybridized carbons (Fsp3) is 0.333. The number of benzene rings is 2. The van der Waals surface area contributed by atoms with E-state index >= 15 is 0 Å². The van der Waals surface area contributed by atoms with Gasteiger partial charge in [0.25, 0.3) is 0 Å². The number of aromatic nitrogens is 3. The molecule has 0 saturated heterocycles. The minimum atomic E-state index is -0.603. The molecule has 40 heavy (non-hydrogen) atoms. The van der Waals surface area contributed by atoms with Crippen LogP contribution in [0.2, 0.25) is 0 Å². The number of anilines is 2. The topological polar surface area (TPSA) is 131 Å². The summed E-state index contributed by atoms with van der Waals surface area (Å²) in [4.78, 5) is 33.1. The Bertz CT molecular complexity index is 1440. The second-order valence-corrected chi connectivity index (χ2v) is 9.37. The zero-order valence-corrected chi connectivity index (χ0v) is 22.9. The monoisotopic (exact) mass is 545 g/mol. The number of methoxy groups -OCH3 is 1. The zero-order chi connectivity index (χ0) is 28.3. The quantitative estimate of drug-likeness (QED) is 0.174. The molecular formula is C30H35N5O5. The number of nitrogens with one attached hydrogen (secondary N) is 1. The number of esters is 2. The third-order valence-electron chi connectivity index (χ3n) is 6.33. The second kappa shape index (κ2) is 14.0. The maximum absolute atomic E-state index is 12.4. The van der Waals surface area contributed by atoms with Crippen LogP contribution < -0.4 is 15.8 Å². The molecule has 0 aliphatic heterocycles. The van der Waals surface area contributed by atoms with Gasteiger partial charge in [-0.15, -0.1) is 0 Å². The molecule has 0 aliphatic carbocycles. The van der Waals surface area contributed by atoms with Crippen molar-refractivity contribution in [2.75, 3.05) is 31.3 Å². The highest BCUT2D eigenvalue weighted by molar-refractivity contribution is 5.87. The van der Waals surface area contributed by atoms with Crippen LogP contribution in [0.3, 0.4) is 0 Å². The molecule has 0 spiro atoms. The molecule has 0 fully saturated rings. The summed E-state index contributed by atoms with van der Waals surface area (Å²) in [6, 6.07) is 16.8. The van der Waals surface area contributed by atoms with Crippen LogP contribution in [0.25, 0.3) is 11.0 Å². The minimum Gasteiger partial charge on any atom is -0.496 e. The van der Waals surface area contributed by atoms with Gasteiger partial charge in [-0.25, -0.2) is 9.78 Å². The van der Waals surface area contributed by atoms with Gasteiger partial charge < -0.3 is 29.8 Å². The Balaban J connectivity index is 1.37. The third kappa shape index (κ3) is 7.72. The number of carbonyl (C=O) groups is 2. The van der Waals surface area contributed by atoms with Crippen LogP contribution in [0.5, 0.6) is 5.75 Å². The summed E-state index contributed by atoms with van der Waals surface area (Å²) in [6.07, 6.45) is 5.24. The highest BCUT2D eigenvalue weighted by Crippen LogP contribution is 2.27. The molecule has 0 aliphatic rings. The van der Waals surface area contributed by atoms with Gasteiger partial charge >= 0.3 is 11.9 Å². The van der Waals surface area contributed by atoms with Crippen molar-refractivity contribution >= 4 is 34.7 Å². The Morgan fingerprint density at radius 2 is 1.80 bits per heavy atom. The average molecular weight is 546 g/mol. The first kappa shape index (κ1) is 28.4. The van der Waals surface area contributed by atoms with Crippen LogP contribution in [-0.2, 0) is 38.6 Å². The molecule has 2 aromatic heterocycles. The highest BCUT2D eigenvalue weighted by atomic mass is 16.6. The Hall–Kier alpha value is -4.60. The molecule has 0 bridgehead atoms. The summed E-state index contributed by atoms with van der Waals surface area (Å²) < 4.78 is 17.9. The molecule has 0 unspecified atom stereocenters. The van der Waals surface area contributed by atoms with Crippen LogP contribution in [0.4, 0.5) is 11.8 Å². The maximum atomic E-state index is 12.4. The Morgan fingerprint density at radius 3 is 2.58 bits per heavy atom. The van der Waals surface area contributed by atoms with Crippen molar-refractivity contribution in [3.63, 3.8) is 0 Å². The van der Waals surface area contributed by atoms with Crippen molar-refractivity contribution in [3.8, 4) is 5.75 Å². The smallest absolute Gasteiger partial charge is 0.344 e. The van der Waals surface area contributed by atoms with E-state index in [-0.39, 0.29) is 19.0 Å². The predicted octanol–water partition coefficient (Wildman–Crippen LogP) is 4.50. The van der Waals surface area contributed by atoms with Gasteiger partial charge in [-0.05, 0) is 29.7 Å². The van der Waals surface area contributed by atoms with E-state index in [2.05, 4.69) is 22.2 Å². The minimum absolute atomic E-state index is 0.00595. The number of rotatable bonds is 14. The largest absolute Gasteiger partial charge is 0.496 e. The Kier molecular flexibility index (Phi) is 9.93. The van der Waals surface area contributed by atoms with Gasteiger partial charge in [0.1, 0.15) is 17.9 Å². The van der Waals surface area contributed by atoms with Gasteiger partial charge in [0.05, 0.1) is 25.6 Å². The zero-order valence-electron chi connectivity index (χ0n) is 22.9. The van der Waals surface area contributed by atoms with E-state index < -0.39 is 18.5 Å². The van der Waals surface area contributed by atoms with E-state index in [1.165, 1.54) is 0 Å². The molecule has 10 nitrogen and oxygen atoms in total. The van der Waals surface area contributed by atoms with E-state index in [4.69, 9.17) is 19.9 Å². The maximum Gasteiger partial charge on any atom is 0.344 e. The summed E-state index contributed by atoms with van der Waals surface area (Å²) in [5.74, 6) is 0.416. The molecule has 2 heterocycles. The molecule has 0 amide bonds. The standard InChI is InChI=1S/C30H35N5O5/c1-3-4-8-14-32-29-28-24(33-30(31)34-29)13-15-35(28)18-23-12-11-22(16-25(23)38-2)17-26(36)40-20-27(37)39-19-21-9-6-5-7-10-21/h5-7,9-13,15-16H,3-4,8,14,17-20H2,1-2H3,(H3,31,32,33,34). The van der Waals surface area contributed by atoms with E-state index in [1.807, 2.05) is 59.3 Å². The lowest BCUT2D eigenvalue weighted by atomic mass is 10.1. The molecule has 210 valence electrons. The highest BCUT2D eigenvalue weighted by Gasteiger charge is 2.15. The summed E-state index contributed by atoms with van der Waals surface area (Å²) >= 11 is 0. The summed E-state index contributed by atoms with van der Waals surface area (Å²) in [5, 5.41) is 3.40. The Morgan fingerprint density at radius 1 is 0.975 bits per heavy atom. The van der Waals surface area contributed by atoms with E-state index in [0.29, 0.717) is 23.7 Å². The molecule has 2 aromatic carbocycles. The summed E-state index contributed by atoms with van der Waals surface area (Å²) in [5.41, 5.74) is 10.0. The van der Waals surface area contributed by atoms with Gasteiger partial charge in [-0.3, -0.25) is 4.79 Å². The normalized spacial score (nSPS) is 10.8. The van der Waals surface area contributed by atoms with Gasteiger partial charge in [0.15, 0.2) is 12.4 Å². The van der Waals surface area contributed by atoms with Crippen LogP contribution >= 0.6 is 0 Å². The van der Waals surface area contributed by atoms with E-state index in [9.17, 15) is 9.59 Å². The summed E-state index contributed by atoms with van der Waals surface area (Å²) in [6.45, 7) is 3.15. The number of nitrogens with two attached hydrogens (primary N) is 1. The van der Waals surface area contributed by atoms with Crippen molar-refractivity contribution < 1.29 is 23.8 Å². The van der Waals surface area contributed by atoms with Gasteiger partial charge in [-0.2, -0.15) is 4.98 Å². The number of hydrogen-bond acceptors (Lipinski definition) is 9. The predicted molar refractivity (Wildman–Crippen MR) is 153 cm³/mol. The summed E-state index contributed by atoms with van der Waals surface area (Å²) in [7, 11) is 1.59. The lowest BCUT2D eigenvalue weighted by Gasteiger charge is -2.14. The molecule has 0 radical (unpaired) electrons. The molecule has 10 heteroatoms. The Labute approximate surface area is 233 Å². The second-order valence-electron chi connectivity index (χ2n) is 9.37. The van der Waals surface area contributed by atoms with Crippen LogP contribution in [0.1, 0.15) is 42.9 Å². The molecule has 0 saturated carbocycles. The molecule has 4 rings (SSSR count). The van der Waals surface area contributed by atoms with Crippen molar-refractivity contribution in [1.82, 2.24) is 14.5 Å². The van der Waals surface area contributed by atoms with E-state index in [0.717, 1.165) is 48.0 Å². The average Bonchev–Trinajstić information content (AvgIpc) is 3.36. The number of unbranched alkanes of at least 4 members (excludes halogenated alkanes) is 2. The van der Waals surface area contributed by atoms with Crippen molar-refractivity contribution in [1.29, 1.82) is 0 Å². The first-order valence-electron chi connectivity index (χ1n) is 13.3. The third-order valence-corrected chi connectivity index (χ3v) is 6.33. The number of carbonyl (C=O) groups excluding carboxylic acids is 2. The van der Waals surface area contributed by atoms with Gasteiger partial charge in [0, 0.05) is 18.3 Å². The number of nitrogens with zero attached hydrogens (tertiary/aromatic N) is 3. The fourth-order valence-corrected chi connectivity index (χ4v) is 4.31. The van der Waals surface area contributed by atoms with Crippen molar-refractivity contribution in [3.05, 3.63) is 77.5 Å². The number of fused-ring (bicyclic) bond motifs is 1. The van der Waals surface area contributed by atoms with Gasteiger partial charge in [-0.1, -0.05) is 62.2 Å². The van der Waals surface area contributed by atoms with Crippen LogP contribution in [-0.4, -0.2) is 46.7 Å². The SMILES string of the molecule is CCCCCNc1nc(N)nc2ccn(Cc3ccc(CC(=O)OCC(=O)OCc4ccccc4)cc3OC)c12. The molecule has 4 aromatic rings. The lowest BCUT2D eigenvalue weighted by Crippen LogP contribution is -2.17. The first-order valence-corrected chi connectivity index (χ1v) is 13.3. The van der Waals surface area contributed by atoms with Crippen LogP contribution in [0, 0.1) is 0 Å². The molecule has 3 N–H and O–H groups in total. The number of ether oxygens (including phenoxy) is 3. The van der Waals surface area contributed by atoms with Crippen molar-refractivity contribution in [2.24, 2.45) is 0 Å². The van der Waals surface area contributed by atoms with Crippen LogP contribution in [0.15, 0.2) is 60.8 Å². The molecule has 0 atom stereocenters. The lowest BCUT2D eigenvalue weighted by molar-refractivity contribution is -0.159. The molecular weight excluding hydrogens is 510 g/mol. The van der Waals surface area contributed by atoms with E-state index in [1.54, 1.807) is 13.2 Å². The van der Waals surface area contributed by atoms with Crippen molar-refractivity contribution in [2.45, 2.75) is 45.8 Å². The number of hydrogen-bond donors (Lipinski definition) is 2. The first-order chi connectivity index (χ1) is 19.5.